The summed E-state index contributed by atoms with van der Waals surface area (Å²) in [5.74, 6) is 0. The highest BCUT2D eigenvalue weighted by molar-refractivity contribution is 5.31. The van der Waals surface area contributed by atoms with Gasteiger partial charge in [0, 0.05) is 6.04 Å². The number of nitrogens with one attached hydrogen (secondary N) is 1. The summed E-state index contributed by atoms with van der Waals surface area (Å²) in [5, 5.41) is 13.9. The first-order chi connectivity index (χ1) is 9.34. The molecule has 3 atom stereocenters. The Hall–Kier alpha value is -0.900. The minimum Gasteiger partial charge on any atom is -0.392 e. The van der Waals surface area contributed by atoms with Gasteiger partial charge in [0.15, 0.2) is 0 Å². The number of aliphatic hydroxyl groups excluding tert-OH is 1. The van der Waals surface area contributed by atoms with Crippen LogP contribution in [-0.2, 0) is 11.3 Å². The van der Waals surface area contributed by atoms with E-state index in [4.69, 9.17) is 4.74 Å². The van der Waals surface area contributed by atoms with Crippen LogP contribution in [0.4, 0.5) is 0 Å². The average molecular weight is 261 g/mol. The van der Waals surface area contributed by atoms with Gasteiger partial charge >= 0.3 is 0 Å². The van der Waals surface area contributed by atoms with Gasteiger partial charge in [-0.15, -0.1) is 0 Å². The van der Waals surface area contributed by atoms with Crippen molar-refractivity contribution in [2.24, 2.45) is 0 Å². The van der Waals surface area contributed by atoms with E-state index in [0.717, 1.165) is 19.3 Å². The average Bonchev–Trinajstić information content (AvgIpc) is 2.65. The molecular formula is C16H23NO2. The van der Waals surface area contributed by atoms with Crippen molar-refractivity contribution >= 4 is 0 Å². The summed E-state index contributed by atoms with van der Waals surface area (Å²) < 4.78 is 5.67. The maximum Gasteiger partial charge on any atom is 0.0721 e. The number of hydrogen-bond acceptors (Lipinski definition) is 3. The van der Waals surface area contributed by atoms with E-state index in [9.17, 15) is 5.11 Å². The molecule has 0 bridgehead atoms. The third-order valence-electron chi connectivity index (χ3n) is 4.37. The summed E-state index contributed by atoms with van der Waals surface area (Å²) in [6, 6.07) is 8.89. The minimum absolute atomic E-state index is 0.210. The molecular weight excluding hydrogens is 238 g/mol. The zero-order valence-electron chi connectivity index (χ0n) is 11.3. The van der Waals surface area contributed by atoms with Crippen molar-refractivity contribution in [1.29, 1.82) is 0 Å². The predicted octanol–water partition coefficient (Wildman–Crippen LogP) is 2.54. The fraction of sp³-hybridized carbons (Fsp3) is 0.625. The third-order valence-corrected chi connectivity index (χ3v) is 4.37. The minimum atomic E-state index is -0.211. The Balaban J connectivity index is 1.73. The smallest absolute Gasteiger partial charge is 0.0721 e. The third kappa shape index (κ3) is 2.99. The van der Waals surface area contributed by atoms with E-state index in [1.165, 1.54) is 24.0 Å². The molecule has 19 heavy (non-hydrogen) atoms. The zero-order valence-corrected chi connectivity index (χ0v) is 11.3. The number of aliphatic hydroxyl groups is 1. The molecule has 2 aliphatic rings. The summed E-state index contributed by atoms with van der Waals surface area (Å²) in [5.41, 5.74) is 2.61. The number of fused-ring (bicyclic) bond motifs is 1. The lowest BCUT2D eigenvalue weighted by Crippen LogP contribution is -2.43. The Kier molecular flexibility index (Phi) is 4.16. The molecule has 1 fully saturated rings. The van der Waals surface area contributed by atoms with E-state index in [1.807, 2.05) is 0 Å². The van der Waals surface area contributed by atoms with Gasteiger partial charge in [-0.25, -0.2) is 0 Å². The first kappa shape index (κ1) is 13.1. The fourth-order valence-electron chi connectivity index (χ4n) is 3.26. The van der Waals surface area contributed by atoms with Crippen molar-refractivity contribution in [2.75, 3.05) is 6.61 Å². The van der Waals surface area contributed by atoms with Gasteiger partial charge in [-0.05, 0) is 24.0 Å². The van der Waals surface area contributed by atoms with Gasteiger partial charge in [-0.1, -0.05) is 43.5 Å². The lowest BCUT2D eigenvalue weighted by Gasteiger charge is -2.32. The number of hydrogen-bond donors (Lipinski definition) is 2. The second-order valence-corrected chi connectivity index (χ2v) is 5.75. The van der Waals surface area contributed by atoms with Crippen molar-refractivity contribution in [2.45, 2.75) is 56.9 Å². The first-order valence-electron chi connectivity index (χ1n) is 7.44. The second-order valence-electron chi connectivity index (χ2n) is 5.75. The summed E-state index contributed by atoms with van der Waals surface area (Å²) in [6.07, 6.45) is 5.39. The lowest BCUT2D eigenvalue weighted by molar-refractivity contribution is 0.0598. The van der Waals surface area contributed by atoms with Crippen LogP contribution in [0.2, 0.25) is 0 Å². The van der Waals surface area contributed by atoms with E-state index in [0.29, 0.717) is 13.2 Å². The van der Waals surface area contributed by atoms with Gasteiger partial charge in [-0.2, -0.15) is 0 Å². The standard InChI is InChI=1S/C16H23NO2/c18-16-9-3-1-2-8-14(16)17-15-11-19-10-12-6-4-5-7-13(12)15/h4-7,14-18H,1-3,8-11H2. The van der Waals surface area contributed by atoms with Crippen LogP contribution in [0.3, 0.4) is 0 Å². The normalized spacial score (nSPS) is 31.5. The van der Waals surface area contributed by atoms with Crippen LogP contribution in [0.1, 0.15) is 49.3 Å². The van der Waals surface area contributed by atoms with Gasteiger partial charge in [0.05, 0.1) is 25.4 Å². The fourth-order valence-corrected chi connectivity index (χ4v) is 3.26. The molecule has 1 aliphatic carbocycles. The monoisotopic (exact) mass is 261 g/mol. The molecule has 2 N–H and O–H groups in total. The Morgan fingerprint density at radius 1 is 1.11 bits per heavy atom. The van der Waals surface area contributed by atoms with Crippen LogP contribution >= 0.6 is 0 Å². The highest BCUT2D eigenvalue weighted by atomic mass is 16.5. The number of benzene rings is 1. The molecule has 3 unspecified atom stereocenters. The maximum absolute atomic E-state index is 10.2. The quantitative estimate of drug-likeness (QED) is 0.804. The Labute approximate surface area is 115 Å². The zero-order chi connectivity index (χ0) is 13.1. The Morgan fingerprint density at radius 2 is 1.95 bits per heavy atom. The van der Waals surface area contributed by atoms with E-state index >= 15 is 0 Å². The van der Waals surface area contributed by atoms with E-state index in [-0.39, 0.29) is 18.2 Å². The predicted molar refractivity (Wildman–Crippen MR) is 74.9 cm³/mol. The largest absolute Gasteiger partial charge is 0.392 e. The highest BCUT2D eigenvalue weighted by Gasteiger charge is 2.27. The number of rotatable bonds is 2. The second kappa shape index (κ2) is 6.04. The molecule has 1 aromatic rings. The Morgan fingerprint density at radius 3 is 2.89 bits per heavy atom. The van der Waals surface area contributed by atoms with Crippen molar-refractivity contribution in [3.8, 4) is 0 Å². The van der Waals surface area contributed by atoms with Gasteiger partial charge in [0.25, 0.3) is 0 Å². The van der Waals surface area contributed by atoms with Crippen molar-refractivity contribution < 1.29 is 9.84 Å². The van der Waals surface area contributed by atoms with Crippen LogP contribution in [-0.4, -0.2) is 23.9 Å². The topological polar surface area (TPSA) is 41.5 Å². The van der Waals surface area contributed by atoms with Crippen molar-refractivity contribution in [3.05, 3.63) is 35.4 Å². The van der Waals surface area contributed by atoms with Gasteiger partial charge in [0.2, 0.25) is 0 Å². The summed E-state index contributed by atoms with van der Waals surface area (Å²) in [7, 11) is 0. The molecule has 0 aromatic heterocycles. The molecule has 1 aromatic carbocycles. The van der Waals surface area contributed by atoms with Crippen LogP contribution in [0.25, 0.3) is 0 Å². The molecule has 0 radical (unpaired) electrons. The van der Waals surface area contributed by atoms with E-state index in [2.05, 4.69) is 29.6 Å². The van der Waals surface area contributed by atoms with Gasteiger partial charge in [0.1, 0.15) is 0 Å². The van der Waals surface area contributed by atoms with E-state index < -0.39 is 0 Å². The van der Waals surface area contributed by atoms with Crippen LogP contribution in [0.15, 0.2) is 24.3 Å². The van der Waals surface area contributed by atoms with E-state index in [1.54, 1.807) is 0 Å². The van der Waals surface area contributed by atoms with Gasteiger partial charge in [-0.3, -0.25) is 0 Å². The Bertz CT molecular complexity index is 421. The van der Waals surface area contributed by atoms with Crippen molar-refractivity contribution in [1.82, 2.24) is 5.32 Å². The molecule has 1 saturated carbocycles. The summed E-state index contributed by atoms with van der Waals surface area (Å²) in [4.78, 5) is 0. The first-order valence-corrected chi connectivity index (χ1v) is 7.44. The highest BCUT2D eigenvalue weighted by Crippen LogP contribution is 2.27. The van der Waals surface area contributed by atoms with Crippen LogP contribution < -0.4 is 5.32 Å². The molecule has 3 heteroatoms. The van der Waals surface area contributed by atoms with Crippen LogP contribution in [0.5, 0.6) is 0 Å². The molecule has 0 spiro atoms. The SMILES string of the molecule is OC1CCCCCC1NC1COCc2ccccc21. The molecule has 1 heterocycles. The maximum atomic E-state index is 10.2. The lowest BCUT2D eigenvalue weighted by atomic mass is 9.96. The number of ether oxygens (including phenoxy) is 1. The molecule has 0 amide bonds. The van der Waals surface area contributed by atoms with Gasteiger partial charge < -0.3 is 15.2 Å². The molecule has 0 saturated heterocycles. The van der Waals surface area contributed by atoms with Crippen molar-refractivity contribution in [3.63, 3.8) is 0 Å². The summed E-state index contributed by atoms with van der Waals surface area (Å²) >= 11 is 0. The molecule has 3 rings (SSSR count). The molecule has 1 aliphatic heterocycles. The molecule has 104 valence electrons. The molecule has 3 nitrogen and oxygen atoms in total. The van der Waals surface area contributed by atoms with Crippen LogP contribution in [0, 0.1) is 0 Å². The summed E-state index contributed by atoms with van der Waals surface area (Å²) in [6.45, 7) is 1.42.